The maximum atomic E-state index is 12.6. The van der Waals surface area contributed by atoms with Crippen molar-refractivity contribution in [3.8, 4) is 5.75 Å². The molecular weight excluding hydrogens is 395 g/mol. The number of ether oxygens (including phenoxy) is 2. The van der Waals surface area contributed by atoms with Gasteiger partial charge in [0.2, 0.25) is 0 Å². The molecule has 1 aromatic carbocycles. The summed E-state index contributed by atoms with van der Waals surface area (Å²) in [7, 11) is -1.28. The van der Waals surface area contributed by atoms with Gasteiger partial charge in [0.05, 0.1) is 12.9 Å². The minimum absolute atomic E-state index is 0.0667. The zero-order valence-electron chi connectivity index (χ0n) is 15.3. The molecule has 0 aliphatic carbocycles. The quantitative estimate of drug-likeness (QED) is 0.301. The van der Waals surface area contributed by atoms with E-state index in [1.165, 1.54) is 26.5 Å². The Labute approximate surface area is 163 Å². The smallest absolute Gasteiger partial charge is 0.378 e. The SMILES string of the molecule is COP(=O)(OC)C(OC(=O)CCCOc1ccc(Cl)c(C)c1)c1ccco1. The van der Waals surface area contributed by atoms with E-state index in [1.807, 2.05) is 13.0 Å². The van der Waals surface area contributed by atoms with Crippen LogP contribution in [0.5, 0.6) is 5.75 Å². The molecule has 27 heavy (non-hydrogen) atoms. The number of carbonyl (C=O) groups excluding carboxylic acids is 1. The summed E-state index contributed by atoms with van der Waals surface area (Å²) >= 11 is 5.97. The molecule has 2 aromatic rings. The predicted octanol–water partition coefficient (Wildman–Crippen LogP) is 5.13. The average molecular weight is 417 g/mol. The van der Waals surface area contributed by atoms with E-state index in [1.54, 1.807) is 18.2 Å². The Balaban J connectivity index is 1.88. The molecule has 0 aliphatic rings. The molecule has 0 aliphatic heterocycles. The Morgan fingerprint density at radius 2 is 2.00 bits per heavy atom. The fourth-order valence-electron chi connectivity index (χ4n) is 2.27. The van der Waals surface area contributed by atoms with Crippen molar-refractivity contribution in [1.82, 2.24) is 0 Å². The molecule has 9 heteroatoms. The second-order valence-corrected chi connectivity index (χ2v) is 8.31. The summed E-state index contributed by atoms with van der Waals surface area (Å²) in [5, 5.41) is 0.663. The van der Waals surface area contributed by atoms with Crippen molar-refractivity contribution in [2.45, 2.75) is 25.6 Å². The first-order valence-corrected chi connectivity index (χ1v) is 10.2. The summed E-state index contributed by atoms with van der Waals surface area (Å²) in [4.78, 5) is 12.2. The molecule has 1 unspecified atom stereocenters. The van der Waals surface area contributed by atoms with Crippen LogP contribution in [0.1, 0.15) is 30.0 Å². The van der Waals surface area contributed by atoms with Crippen molar-refractivity contribution in [3.05, 3.63) is 52.9 Å². The number of benzene rings is 1. The Hall–Kier alpha value is -1.79. The van der Waals surface area contributed by atoms with Crippen molar-refractivity contribution >= 4 is 25.2 Å². The van der Waals surface area contributed by atoms with Crippen molar-refractivity contribution in [2.75, 3.05) is 20.8 Å². The molecule has 7 nitrogen and oxygen atoms in total. The van der Waals surface area contributed by atoms with Gasteiger partial charge in [0.25, 0.3) is 5.85 Å². The van der Waals surface area contributed by atoms with E-state index in [9.17, 15) is 9.36 Å². The third-order valence-electron chi connectivity index (χ3n) is 3.75. The predicted molar refractivity (Wildman–Crippen MR) is 100 cm³/mol. The molecule has 148 valence electrons. The zero-order valence-corrected chi connectivity index (χ0v) is 17.0. The standard InChI is InChI=1S/C18H22ClO7P/c1-13-12-14(8-9-15(13)19)24-10-5-7-17(20)26-18(16-6-4-11-25-16)27(21,22-2)23-3/h4,6,8-9,11-12,18H,5,7,10H2,1-3H3. The molecule has 0 bridgehead atoms. The van der Waals surface area contributed by atoms with E-state index in [2.05, 4.69) is 0 Å². The van der Waals surface area contributed by atoms with Gasteiger partial charge in [-0.2, -0.15) is 0 Å². The molecule has 0 radical (unpaired) electrons. The molecule has 0 saturated carbocycles. The van der Waals surface area contributed by atoms with Crippen LogP contribution in [0.2, 0.25) is 5.02 Å². The van der Waals surface area contributed by atoms with Crippen molar-refractivity contribution < 1.29 is 32.3 Å². The first-order valence-electron chi connectivity index (χ1n) is 8.22. The van der Waals surface area contributed by atoms with E-state index in [0.29, 0.717) is 23.8 Å². The number of halogens is 1. The van der Waals surface area contributed by atoms with Crippen LogP contribution in [0.3, 0.4) is 0 Å². The van der Waals surface area contributed by atoms with Crippen LogP contribution in [0, 0.1) is 6.92 Å². The second kappa shape index (κ2) is 9.95. The van der Waals surface area contributed by atoms with Crippen LogP contribution < -0.4 is 4.74 Å². The van der Waals surface area contributed by atoms with Crippen LogP contribution in [0.15, 0.2) is 41.0 Å². The van der Waals surface area contributed by atoms with Gasteiger partial charge in [-0.05, 0) is 49.2 Å². The summed E-state index contributed by atoms with van der Waals surface area (Å²) in [6.45, 7) is 2.19. The van der Waals surface area contributed by atoms with Crippen molar-refractivity contribution in [2.24, 2.45) is 0 Å². The van der Waals surface area contributed by atoms with Crippen LogP contribution in [-0.2, 0) is 23.1 Å². The van der Waals surface area contributed by atoms with Gasteiger partial charge in [-0.15, -0.1) is 0 Å². The van der Waals surface area contributed by atoms with E-state index >= 15 is 0 Å². The number of carbonyl (C=O) groups is 1. The van der Waals surface area contributed by atoms with Gasteiger partial charge in [0.15, 0.2) is 5.76 Å². The normalized spacial score (nSPS) is 12.6. The van der Waals surface area contributed by atoms with Gasteiger partial charge < -0.3 is 22.9 Å². The number of aryl methyl sites for hydroxylation is 1. The van der Waals surface area contributed by atoms with Crippen LogP contribution in [-0.4, -0.2) is 26.8 Å². The molecule has 1 heterocycles. The fraction of sp³-hybridized carbons (Fsp3) is 0.389. The first-order chi connectivity index (χ1) is 12.9. The highest BCUT2D eigenvalue weighted by atomic mass is 35.5. The Kier molecular flexibility index (Phi) is 7.92. The lowest BCUT2D eigenvalue weighted by molar-refractivity contribution is -0.147. The highest BCUT2D eigenvalue weighted by molar-refractivity contribution is 7.54. The highest BCUT2D eigenvalue weighted by Gasteiger charge is 2.41. The Morgan fingerprint density at radius 1 is 1.26 bits per heavy atom. The monoisotopic (exact) mass is 416 g/mol. The van der Waals surface area contributed by atoms with Crippen molar-refractivity contribution in [3.63, 3.8) is 0 Å². The number of hydrogen-bond acceptors (Lipinski definition) is 7. The molecule has 0 spiro atoms. The molecule has 0 N–H and O–H groups in total. The van der Waals surface area contributed by atoms with E-state index in [-0.39, 0.29) is 12.2 Å². The van der Waals surface area contributed by atoms with Crippen LogP contribution in [0.25, 0.3) is 0 Å². The Morgan fingerprint density at radius 3 is 2.59 bits per heavy atom. The van der Waals surface area contributed by atoms with Gasteiger partial charge in [0.1, 0.15) is 5.75 Å². The summed E-state index contributed by atoms with van der Waals surface area (Å²) in [5.41, 5.74) is 0.907. The fourth-order valence-corrected chi connectivity index (χ4v) is 3.63. The van der Waals surface area contributed by atoms with Gasteiger partial charge >= 0.3 is 13.6 Å². The zero-order chi connectivity index (χ0) is 19.9. The van der Waals surface area contributed by atoms with E-state index in [0.717, 1.165) is 5.56 Å². The van der Waals surface area contributed by atoms with Crippen LogP contribution in [0.4, 0.5) is 0 Å². The molecule has 0 amide bonds. The lowest BCUT2D eigenvalue weighted by Crippen LogP contribution is -2.14. The molecule has 1 atom stereocenters. The number of hydrogen-bond donors (Lipinski definition) is 0. The van der Waals surface area contributed by atoms with Gasteiger partial charge in [-0.3, -0.25) is 9.36 Å². The van der Waals surface area contributed by atoms with Gasteiger partial charge in [-0.25, -0.2) is 0 Å². The molecule has 0 fully saturated rings. The molecule has 2 rings (SSSR count). The minimum Gasteiger partial charge on any atom is -0.494 e. The van der Waals surface area contributed by atoms with E-state index < -0.39 is 19.4 Å². The maximum absolute atomic E-state index is 12.6. The summed E-state index contributed by atoms with van der Waals surface area (Å²) in [5.74, 6) is -0.985. The average Bonchev–Trinajstić information content (AvgIpc) is 3.19. The lowest BCUT2D eigenvalue weighted by Gasteiger charge is -2.22. The molecular formula is C18H22ClO7P. The molecule has 1 aromatic heterocycles. The minimum atomic E-state index is -3.71. The molecule has 0 saturated heterocycles. The highest BCUT2D eigenvalue weighted by Crippen LogP contribution is 2.60. The van der Waals surface area contributed by atoms with Gasteiger partial charge in [0, 0.05) is 25.7 Å². The third-order valence-corrected chi connectivity index (χ3v) is 6.13. The van der Waals surface area contributed by atoms with E-state index in [4.69, 9.17) is 34.5 Å². The maximum Gasteiger partial charge on any atom is 0.378 e. The topological polar surface area (TPSA) is 84.2 Å². The van der Waals surface area contributed by atoms with Gasteiger partial charge in [-0.1, -0.05) is 11.6 Å². The van der Waals surface area contributed by atoms with Crippen LogP contribution >= 0.6 is 19.2 Å². The third kappa shape index (κ3) is 5.84. The first kappa shape index (κ1) is 21.5. The lowest BCUT2D eigenvalue weighted by atomic mass is 10.2. The van der Waals surface area contributed by atoms with Crippen molar-refractivity contribution in [1.29, 1.82) is 0 Å². The second-order valence-electron chi connectivity index (χ2n) is 5.63. The number of furan rings is 1. The summed E-state index contributed by atoms with van der Waals surface area (Å²) in [6.07, 6.45) is 1.86. The Bertz CT molecular complexity index is 783. The number of esters is 1. The summed E-state index contributed by atoms with van der Waals surface area (Å²) < 4.78 is 38.6. The largest absolute Gasteiger partial charge is 0.494 e. The number of rotatable bonds is 10. The summed E-state index contributed by atoms with van der Waals surface area (Å²) in [6, 6.07) is 8.46.